The van der Waals surface area contributed by atoms with E-state index in [1.54, 1.807) is 6.07 Å². The summed E-state index contributed by atoms with van der Waals surface area (Å²) in [4.78, 5) is 8.29. The lowest BCUT2D eigenvalue weighted by Crippen LogP contribution is -2.06. The number of nitrogens with one attached hydrogen (secondary N) is 2. The number of rotatable bonds is 4. The van der Waals surface area contributed by atoms with Gasteiger partial charge in [-0.1, -0.05) is 24.3 Å². The van der Waals surface area contributed by atoms with Crippen LogP contribution in [0, 0.1) is 5.82 Å². The van der Waals surface area contributed by atoms with Crippen LogP contribution in [0.4, 0.5) is 4.39 Å². The first kappa shape index (κ1) is 13.1. The van der Waals surface area contributed by atoms with Crippen molar-refractivity contribution >= 4 is 22.8 Å². The number of H-pyrrole nitrogens is 1. The van der Waals surface area contributed by atoms with Crippen LogP contribution in [0.5, 0.6) is 0 Å². The molecule has 3 nitrogen and oxygen atoms in total. The van der Waals surface area contributed by atoms with Gasteiger partial charge in [-0.2, -0.15) is 0 Å². The first-order chi connectivity index (χ1) is 9.78. The fourth-order valence-corrected chi connectivity index (χ4v) is 3.01. The first-order valence-electron chi connectivity index (χ1n) is 6.32. The van der Waals surface area contributed by atoms with E-state index in [1.165, 1.54) is 17.8 Å². The van der Waals surface area contributed by atoms with Gasteiger partial charge in [-0.3, -0.25) is 0 Å². The van der Waals surface area contributed by atoms with E-state index in [-0.39, 0.29) is 5.82 Å². The molecule has 0 spiro atoms. The predicted molar refractivity (Wildman–Crippen MR) is 79.4 cm³/mol. The number of aromatic nitrogens is 2. The van der Waals surface area contributed by atoms with E-state index in [0.29, 0.717) is 16.6 Å². The summed E-state index contributed by atoms with van der Waals surface area (Å²) in [5.74, 6) is -0.219. The number of nitrogens with zero attached hydrogens (tertiary/aromatic N) is 1. The summed E-state index contributed by atoms with van der Waals surface area (Å²) in [6, 6.07) is 12.9. The zero-order valence-corrected chi connectivity index (χ0v) is 11.8. The Morgan fingerprint density at radius 2 is 2.05 bits per heavy atom. The largest absolute Gasteiger partial charge is 0.333 e. The molecule has 102 valence electrons. The van der Waals surface area contributed by atoms with Crippen LogP contribution in [0.1, 0.15) is 5.56 Å². The van der Waals surface area contributed by atoms with Crippen LogP contribution < -0.4 is 5.32 Å². The number of hydrogen-bond donors (Lipinski definition) is 2. The highest BCUT2D eigenvalue weighted by Crippen LogP contribution is 2.32. The van der Waals surface area contributed by atoms with Crippen molar-refractivity contribution in [3.63, 3.8) is 0 Å². The SMILES string of the molecule is CNCc1cccc(F)c1Sc1nc2ccccc2[nH]1. The molecule has 0 aliphatic heterocycles. The quantitative estimate of drug-likeness (QED) is 0.770. The molecule has 0 aliphatic carbocycles. The van der Waals surface area contributed by atoms with Crippen molar-refractivity contribution < 1.29 is 4.39 Å². The Labute approximate surface area is 120 Å². The van der Waals surface area contributed by atoms with E-state index in [1.807, 2.05) is 37.4 Å². The molecule has 2 aromatic carbocycles. The smallest absolute Gasteiger partial charge is 0.171 e. The lowest BCUT2D eigenvalue weighted by molar-refractivity contribution is 0.594. The molecule has 0 unspecified atom stereocenters. The molecule has 0 aliphatic rings. The zero-order chi connectivity index (χ0) is 13.9. The highest BCUT2D eigenvalue weighted by Gasteiger charge is 2.12. The van der Waals surface area contributed by atoms with Gasteiger partial charge < -0.3 is 10.3 Å². The maximum Gasteiger partial charge on any atom is 0.171 e. The van der Waals surface area contributed by atoms with Crippen molar-refractivity contribution in [2.45, 2.75) is 16.6 Å². The van der Waals surface area contributed by atoms with E-state index in [0.717, 1.165) is 16.6 Å². The molecule has 0 radical (unpaired) electrons. The van der Waals surface area contributed by atoms with Crippen molar-refractivity contribution in [2.75, 3.05) is 7.05 Å². The summed E-state index contributed by atoms with van der Waals surface area (Å²) in [6.07, 6.45) is 0. The molecule has 3 aromatic rings. The maximum absolute atomic E-state index is 14.0. The molecule has 20 heavy (non-hydrogen) atoms. The topological polar surface area (TPSA) is 40.7 Å². The number of hydrogen-bond acceptors (Lipinski definition) is 3. The molecule has 2 N–H and O–H groups in total. The lowest BCUT2D eigenvalue weighted by atomic mass is 10.2. The van der Waals surface area contributed by atoms with Crippen LogP contribution in [0.15, 0.2) is 52.5 Å². The number of fused-ring (bicyclic) bond motifs is 1. The molecule has 3 rings (SSSR count). The van der Waals surface area contributed by atoms with E-state index in [9.17, 15) is 4.39 Å². The van der Waals surface area contributed by atoms with Gasteiger partial charge in [0, 0.05) is 6.54 Å². The van der Waals surface area contributed by atoms with Crippen LogP contribution in [0.25, 0.3) is 11.0 Å². The van der Waals surface area contributed by atoms with Crippen molar-refractivity contribution in [1.82, 2.24) is 15.3 Å². The summed E-state index contributed by atoms with van der Waals surface area (Å²) >= 11 is 1.32. The number of para-hydroxylation sites is 2. The van der Waals surface area contributed by atoms with Gasteiger partial charge >= 0.3 is 0 Å². The standard InChI is InChI=1S/C15H14FN3S/c1-17-9-10-5-4-6-11(16)14(10)20-15-18-12-7-2-3-8-13(12)19-15/h2-8,17H,9H2,1H3,(H,18,19). The summed E-state index contributed by atoms with van der Waals surface area (Å²) in [7, 11) is 1.85. The highest BCUT2D eigenvalue weighted by atomic mass is 32.2. The average Bonchev–Trinajstić information content (AvgIpc) is 2.85. The van der Waals surface area contributed by atoms with Gasteiger partial charge in [-0.25, -0.2) is 9.37 Å². The van der Waals surface area contributed by atoms with Crippen molar-refractivity contribution in [2.24, 2.45) is 0 Å². The van der Waals surface area contributed by atoms with Crippen LogP contribution in [0.3, 0.4) is 0 Å². The highest BCUT2D eigenvalue weighted by molar-refractivity contribution is 7.99. The van der Waals surface area contributed by atoms with Gasteiger partial charge in [-0.15, -0.1) is 0 Å². The van der Waals surface area contributed by atoms with Crippen molar-refractivity contribution in [3.8, 4) is 0 Å². The van der Waals surface area contributed by atoms with Crippen molar-refractivity contribution in [1.29, 1.82) is 0 Å². The second kappa shape index (κ2) is 5.64. The fourth-order valence-electron chi connectivity index (χ4n) is 2.07. The normalized spacial score (nSPS) is 11.1. The number of aromatic amines is 1. The molecule has 0 amide bonds. The van der Waals surface area contributed by atoms with Crippen LogP contribution >= 0.6 is 11.8 Å². The second-order valence-electron chi connectivity index (χ2n) is 4.42. The van der Waals surface area contributed by atoms with E-state index in [4.69, 9.17) is 0 Å². The molecular formula is C15H14FN3S. The van der Waals surface area contributed by atoms with Crippen LogP contribution in [-0.2, 0) is 6.54 Å². The maximum atomic E-state index is 14.0. The Morgan fingerprint density at radius 3 is 2.85 bits per heavy atom. The third-order valence-corrected chi connectivity index (χ3v) is 4.03. The minimum Gasteiger partial charge on any atom is -0.333 e. The van der Waals surface area contributed by atoms with Gasteiger partial charge in [0.25, 0.3) is 0 Å². The molecule has 1 heterocycles. The first-order valence-corrected chi connectivity index (χ1v) is 7.14. The third kappa shape index (κ3) is 2.55. The van der Waals surface area contributed by atoms with E-state index in [2.05, 4.69) is 15.3 Å². The molecule has 0 saturated carbocycles. The number of imidazole rings is 1. The van der Waals surface area contributed by atoms with Crippen LogP contribution in [-0.4, -0.2) is 17.0 Å². The van der Waals surface area contributed by atoms with Crippen molar-refractivity contribution in [3.05, 3.63) is 53.8 Å². The minimum atomic E-state index is -0.219. The Morgan fingerprint density at radius 1 is 1.20 bits per heavy atom. The molecule has 1 aromatic heterocycles. The number of halogens is 1. The predicted octanol–water partition coefficient (Wildman–Crippen LogP) is 3.57. The molecule has 0 fully saturated rings. The zero-order valence-electron chi connectivity index (χ0n) is 11.0. The summed E-state index contributed by atoms with van der Waals surface area (Å²) in [5, 5.41) is 3.76. The van der Waals surface area contributed by atoms with Gasteiger partial charge in [0.1, 0.15) is 5.82 Å². The lowest BCUT2D eigenvalue weighted by Gasteiger charge is -2.08. The van der Waals surface area contributed by atoms with E-state index < -0.39 is 0 Å². The van der Waals surface area contributed by atoms with Crippen LogP contribution in [0.2, 0.25) is 0 Å². The molecule has 5 heteroatoms. The van der Waals surface area contributed by atoms with Gasteiger partial charge in [0.15, 0.2) is 5.16 Å². The van der Waals surface area contributed by atoms with Gasteiger partial charge in [0.2, 0.25) is 0 Å². The van der Waals surface area contributed by atoms with E-state index >= 15 is 0 Å². The molecule has 0 atom stereocenters. The minimum absolute atomic E-state index is 0.219. The Balaban J connectivity index is 1.97. The second-order valence-corrected chi connectivity index (χ2v) is 5.42. The van der Waals surface area contributed by atoms with Gasteiger partial charge in [-0.05, 0) is 42.6 Å². The third-order valence-electron chi connectivity index (χ3n) is 2.98. The molecule has 0 bridgehead atoms. The fraction of sp³-hybridized carbons (Fsp3) is 0.133. The van der Waals surface area contributed by atoms with Gasteiger partial charge in [0.05, 0.1) is 15.9 Å². The summed E-state index contributed by atoms with van der Waals surface area (Å²) in [5.41, 5.74) is 2.78. The molecular weight excluding hydrogens is 273 g/mol. The monoisotopic (exact) mass is 287 g/mol. The molecule has 0 saturated heterocycles. The number of benzene rings is 2. The average molecular weight is 287 g/mol. The summed E-state index contributed by atoms with van der Waals surface area (Å²) < 4.78 is 14.0. The Kier molecular flexibility index (Phi) is 3.71. The Hall–Kier alpha value is -1.85. The Bertz CT molecular complexity index is 706. The summed E-state index contributed by atoms with van der Waals surface area (Å²) in [6.45, 7) is 0.625.